The number of nitrogens with zero attached hydrogens (tertiary/aromatic N) is 2. The molecule has 5 heteroatoms. The zero-order valence-corrected chi connectivity index (χ0v) is 14.0. The Labute approximate surface area is 137 Å². The zero-order valence-electron chi connectivity index (χ0n) is 14.0. The number of methoxy groups -OCH3 is 1. The van der Waals surface area contributed by atoms with Gasteiger partial charge in [0, 0.05) is 55.4 Å². The molecule has 1 aromatic carbocycles. The molecule has 3 N–H and O–H groups in total. The summed E-state index contributed by atoms with van der Waals surface area (Å²) in [7, 11) is 1.72. The van der Waals surface area contributed by atoms with Gasteiger partial charge in [0.1, 0.15) is 5.82 Å². The van der Waals surface area contributed by atoms with E-state index < -0.39 is 0 Å². The number of anilines is 2. The Bertz CT molecular complexity index is 665. The van der Waals surface area contributed by atoms with E-state index in [1.54, 1.807) is 7.11 Å². The van der Waals surface area contributed by atoms with E-state index in [4.69, 9.17) is 15.5 Å². The van der Waals surface area contributed by atoms with Gasteiger partial charge in [-0.05, 0) is 31.4 Å². The first-order chi connectivity index (χ1) is 11.2. The summed E-state index contributed by atoms with van der Waals surface area (Å²) in [6, 6.07) is 6.72. The highest BCUT2D eigenvalue weighted by Crippen LogP contribution is 2.33. The molecular formula is C18H26N4O. The van der Waals surface area contributed by atoms with Crippen molar-refractivity contribution in [2.24, 2.45) is 5.73 Å². The van der Waals surface area contributed by atoms with Crippen molar-refractivity contribution in [1.29, 1.82) is 0 Å². The monoisotopic (exact) mass is 314 g/mol. The number of aromatic nitrogens is 1. The third-order valence-electron chi connectivity index (χ3n) is 4.54. The number of pyridine rings is 1. The summed E-state index contributed by atoms with van der Waals surface area (Å²) in [4.78, 5) is 7.09. The van der Waals surface area contributed by atoms with Gasteiger partial charge in [0.05, 0.1) is 6.61 Å². The predicted molar refractivity (Wildman–Crippen MR) is 96.3 cm³/mol. The molecule has 1 saturated heterocycles. The molecule has 23 heavy (non-hydrogen) atoms. The summed E-state index contributed by atoms with van der Waals surface area (Å²) in [5.41, 5.74) is 8.38. The van der Waals surface area contributed by atoms with Gasteiger partial charge in [-0.15, -0.1) is 0 Å². The van der Waals surface area contributed by atoms with Crippen molar-refractivity contribution in [3.8, 4) is 0 Å². The molecule has 0 aliphatic carbocycles. The van der Waals surface area contributed by atoms with Gasteiger partial charge >= 0.3 is 0 Å². The topological polar surface area (TPSA) is 63.4 Å². The quantitative estimate of drug-likeness (QED) is 0.830. The van der Waals surface area contributed by atoms with E-state index in [1.165, 1.54) is 16.3 Å². The first-order valence-electron chi connectivity index (χ1n) is 8.32. The van der Waals surface area contributed by atoms with E-state index in [1.807, 2.05) is 6.20 Å². The Hall–Kier alpha value is -1.85. The number of rotatable bonds is 5. The highest BCUT2D eigenvalue weighted by atomic mass is 16.5. The summed E-state index contributed by atoms with van der Waals surface area (Å²) in [5, 5.41) is 5.94. The molecule has 2 heterocycles. The minimum Gasteiger partial charge on any atom is -0.383 e. The van der Waals surface area contributed by atoms with Gasteiger partial charge < -0.3 is 20.7 Å². The molecule has 0 spiro atoms. The van der Waals surface area contributed by atoms with Crippen LogP contribution < -0.4 is 16.0 Å². The molecule has 0 bridgehead atoms. The smallest absolute Gasteiger partial charge is 0.136 e. The summed E-state index contributed by atoms with van der Waals surface area (Å²) in [6.07, 6.45) is 4.04. The second-order valence-electron chi connectivity index (χ2n) is 6.24. The standard InChI is InChI=1S/C18H26N4O/c1-13-12-21-18(22-9-6-14(19)7-10-22)15-4-3-5-16(17(13)15)20-8-11-23-2/h3-5,12,14,20H,6-11,19H2,1-2H3. The lowest BCUT2D eigenvalue weighted by Crippen LogP contribution is -2.40. The lowest BCUT2D eigenvalue weighted by molar-refractivity contribution is 0.211. The maximum absolute atomic E-state index is 6.04. The first-order valence-corrected chi connectivity index (χ1v) is 8.32. The molecule has 0 radical (unpaired) electrons. The van der Waals surface area contributed by atoms with Crippen molar-refractivity contribution in [3.05, 3.63) is 30.0 Å². The number of hydrogen-bond acceptors (Lipinski definition) is 5. The molecule has 1 aliphatic heterocycles. The van der Waals surface area contributed by atoms with Crippen LogP contribution in [0.25, 0.3) is 10.8 Å². The number of nitrogens with one attached hydrogen (secondary N) is 1. The second-order valence-corrected chi connectivity index (χ2v) is 6.24. The van der Waals surface area contributed by atoms with Crippen molar-refractivity contribution >= 4 is 22.3 Å². The lowest BCUT2D eigenvalue weighted by atomic mass is 10.0. The normalized spacial score (nSPS) is 16.0. The number of benzene rings is 1. The van der Waals surface area contributed by atoms with Gasteiger partial charge in [-0.3, -0.25) is 0 Å². The minimum atomic E-state index is 0.328. The fourth-order valence-corrected chi connectivity index (χ4v) is 3.25. The van der Waals surface area contributed by atoms with E-state index in [9.17, 15) is 0 Å². The Morgan fingerprint density at radius 1 is 1.35 bits per heavy atom. The van der Waals surface area contributed by atoms with Crippen LogP contribution in [0, 0.1) is 6.92 Å². The first kappa shape index (κ1) is 16.0. The number of piperidine rings is 1. The van der Waals surface area contributed by atoms with Crippen LogP contribution >= 0.6 is 0 Å². The third-order valence-corrected chi connectivity index (χ3v) is 4.54. The number of hydrogen-bond donors (Lipinski definition) is 2. The van der Waals surface area contributed by atoms with Crippen LogP contribution in [0.2, 0.25) is 0 Å². The van der Waals surface area contributed by atoms with Crippen LogP contribution in [0.15, 0.2) is 24.4 Å². The van der Waals surface area contributed by atoms with E-state index in [-0.39, 0.29) is 0 Å². The average molecular weight is 314 g/mol. The van der Waals surface area contributed by atoms with Crippen LogP contribution in [-0.2, 0) is 4.74 Å². The molecular weight excluding hydrogens is 288 g/mol. The van der Waals surface area contributed by atoms with E-state index in [0.29, 0.717) is 12.6 Å². The molecule has 1 aliphatic rings. The largest absolute Gasteiger partial charge is 0.383 e. The molecule has 2 aromatic rings. The second kappa shape index (κ2) is 7.15. The minimum absolute atomic E-state index is 0.328. The molecule has 0 unspecified atom stereocenters. The fraction of sp³-hybridized carbons (Fsp3) is 0.500. The van der Waals surface area contributed by atoms with Crippen LogP contribution in [-0.4, -0.2) is 44.4 Å². The van der Waals surface area contributed by atoms with Gasteiger partial charge in [-0.2, -0.15) is 0 Å². The van der Waals surface area contributed by atoms with Crippen molar-refractivity contribution in [3.63, 3.8) is 0 Å². The SMILES string of the molecule is COCCNc1cccc2c(N3CCC(N)CC3)ncc(C)c12. The van der Waals surface area contributed by atoms with E-state index in [2.05, 4.69) is 35.3 Å². The Morgan fingerprint density at radius 3 is 2.87 bits per heavy atom. The van der Waals surface area contributed by atoms with E-state index >= 15 is 0 Å². The van der Waals surface area contributed by atoms with Crippen molar-refractivity contribution in [1.82, 2.24) is 4.98 Å². The molecule has 0 atom stereocenters. The highest BCUT2D eigenvalue weighted by molar-refractivity contribution is 6.02. The van der Waals surface area contributed by atoms with Crippen molar-refractivity contribution in [2.75, 3.05) is 43.6 Å². The third kappa shape index (κ3) is 3.41. The maximum Gasteiger partial charge on any atom is 0.136 e. The predicted octanol–water partition coefficient (Wildman–Crippen LogP) is 2.53. The average Bonchev–Trinajstić information content (AvgIpc) is 2.57. The van der Waals surface area contributed by atoms with Gasteiger partial charge in [-0.25, -0.2) is 4.98 Å². The number of nitrogens with two attached hydrogens (primary N) is 1. The van der Waals surface area contributed by atoms with Crippen LogP contribution in [0.4, 0.5) is 11.5 Å². The van der Waals surface area contributed by atoms with Gasteiger partial charge in [0.2, 0.25) is 0 Å². The summed E-state index contributed by atoms with van der Waals surface area (Å²) < 4.78 is 5.14. The van der Waals surface area contributed by atoms with Crippen molar-refractivity contribution < 1.29 is 4.74 Å². The molecule has 0 saturated carbocycles. The summed E-state index contributed by atoms with van der Waals surface area (Å²) in [5.74, 6) is 1.08. The summed E-state index contributed by atoms with van der Waals surface area (Å²) in [6.45, 7) is 5.57. The van der Waals surface area contributed by atoms with Crippen LogP contribution in [0.1, 0.15) is 18.4 Å². The van der Waals surface area contributed by atoms with Gasteiger partial charge in [-0.1, -0.05) is 12.1 Å². The Balaban J connectivity index is 1.97. The highest BCUT2D eigenvalue weighted by Gasteiger charge is 2.20. The summed E-state index contributed by atoms with van der Waals surface area (Å²) >= 11 is 0. The van der Waals surface area contributed by atoms with Gasteiger partial charge in [0.15, 0.2) is 0 Å². The molecule has 124 valence electrons. The number of aryl methyl sites for hydroxylation is 1. The Kier molecular flexibility index (Phi) is 4.98. The lowest BCUT2D eigenvalue weighted by Gasteiger charge is -2.32. The number of fused-ring (bicyclic) bond motifs is 1. The fourth-order valence-electron chi connectivity index (χ4n) is 3.25. The Morgan fingerprint density at radius 2 is 2.13 bits per heavy atom. The zero-order chi connectivity index (χ0) is 16.2. The molecule has 1 aromatic heterocycles. The molecule has 5 nitrogen and oxygen atoms in total. The molecule has 3 rings (SSSR count). The maximum atomic E-state index is 6.04. The van der Waals surface area contributed by atoms with Crippen LogP contribution in [0.5, 0.6) is 0 Å². The van der Waals surface area contributed by atoms with Crippen LogP contribution in [0.3, 0.4) is 0 Å². The molecule has 1 fully saturated rings. The van der Waals surface area contributed by atoms with E-state index in [0.717, 1.165) is 44.0 Å². The van der Waals surface area contributed by atoms with Crippen molar-refractivity contribution in [2.45, 2.75) is 25.8 Å². The van der Waals surface area contributed by atoms with Gasteiger partial charge in [0.25, 0.3) is 0 Å². The number of ether oxygens (including phenoxy) is 1. The molecule has 0 amide bonds.